The molecular formula is C33H23N3. The van der Waals surface area contributed by atoms with Gasteiger partial charge in [-0.3, -0.25) is 9.13 Å². The molecule has 0 unspecified atom stereocenters. The van der Waals surface area contributed by atoms with Crippen LogP contribution in [0.15, 0.2) is 103 Å². The molecule has 0 N–H and O–H groups in total. The van der Waals surface area contributed by atoms with Gasteiger partial charge in [0, 0.05) is 21.5 Å². The Morgan fingerprint density at radius 3 is 1.94 bits per heavy atom. The van der Waals surface area contributed by atoms with E-state index in [4.69, 9.17) is 0 Å². The molecule has 3 heteroatoms. The fraction of sp³-hybridized carbons (Fsp3) is 0.0606. The van der Waals surface area contributed by atoms with E-state index in [0.29, 0.717) is 5.56 Å². The number of para-hydroxylation sites is 3. The number of fused-ring (bicyclic) bond motifs is 6. The summed E-state index contributed by atoms with van der Waals surface area (Å²) in [5, 5.41) is 15.4. The van der Waals surface area contributed by atoms with Gasteiger partial charge in [0.15, 0.2) is 0 Å². The summed E-state index contributed by atoms with van der Waals surface area (Å²) < 4.78 is 4.85. The number of benzene rings is 5. The van der Waals surface area contributed by atoms with Gasteiger partial charge < -0.3 is 0 Å². The van der Waals surface area contributed by atoms with Gasteiger partial charge in [-0.05, 0) is 60.7 Å². The maximum Gasteiger partial charge on any atom is 0.131 e. The normalized spacial score (nSPS) is 11.6. The molecule has 7 aromatic rings. The van der Waals surface area contributed by atoms with Gasteiger partial charge in [-0.2, -0.15) is 5.26 Å². The van der Waals surface area contributed by atoms with Crippen LogP contribution in [0, 0.1) is 25.2 Å². The highest BCUT2D eigenvalue weighted by molar-refractivity contribution is 6.23. The van der Waals surface area contributed by atoms with Gasteiger partial charge >= 0.3 is 0 Å². The smallest absolute Gasteiger partial charge is 0.131 e. The predicted molar refractivity (Wildman–Crippen MR) is 149 cm³/mol. The summed E-state index contributed by atoms with van der Waals surface area (Å²) in [7, 11) is 0. The van der Waals surface area contributed by atoms with Gasteiger partial charge in [-0.25, -0.2) is 0 Å². The molecule has 36 heavy (non-hydrogen) atoms. The molecule has 0 saturated heterocycles. The third-order valence-corrected chi connectivity index (χ3v) is 7.37. The molecular weight excluding hydrogens is 438 g/mol. The van der Waals surface area contributed by atoms with E-state index in [2.05, 4.69) is 120 Å². The Balaban J connectivity index is 1.76. The summed E-state index contributed by atoms with van der Waals surface area (Å²) in [4.78, 5) is 0. The van der Waals surface area contributed by atoms with E-state index in [1.807, 2.05) is 12.1 Å². The number of rotatable bonds is 2. The van der Waals surface area contributed by atoms with E-state index in [1.165, 1.54) is 44.0 Å². The van der Waals surface area contributed by atoms with Crippen LogP contribution in [0.25, 0.3) is 55.0 Å². The SMILES string of the molecule is Cc1cccc(C)c1-n1c2ccccc2c2c3ccccc3n(-c3cccc4cc(C#N)ccc34)c21. The minimum Gasteiger partial charge on any atom is -0.294 e. The van der Waals surface area contributed by atoms with Gasteiger partial charge in [0.1, 0.15) is 5.65 Å². The summed E-state index contributed by atoms with van der Waals surface area (Å²) in [5.74, 6) is 0. The zero-order chi connectivity index (χ0) is 24.4. The highest BCUT2D eigenvalue weighted by atomic mass is 15.1. The average Bonchev–Trinajstić information content (AvgIpc) is 3.41. The Morgan fingerprint density at radius 2 is 1.25 bits per heavy atom. The van der Waals surface area contributed by atoms with Crippen LogP contribution in [-0.4, -0.2) is 9.13 Å². The fourth-order valence-corrected chi connectivity index (χ4v) is 5.86. The van der Waals surface area contributed by atoms with E-state index < -0.39 is 0 Å². The molecule has 3 nitrogen and oxygen atoms in total. The molecule has 0 aliphatic rings. The molecule has 0 saturated carbocycles. The summed E-state index contributed by atoms with van der Waals surface area (Å²) in [6.45, 7) is 4.38. The standard InChI is InChI=1S/C33H23N3/c1-21-9-7-10-22(2)32(21)36-30-15-6-4-13-27(30)31-26-12-3-5-14-29(26)35(33(31)36)28-16-8-11-24-19-23(20-34)17-18-25(24)28/h3-19H,1-2H3. The lowest BCUT2D eigenvalue weighted by atomic mass is 10.1. The lowest BCUT2D eigenvalue weighted by molar-refractivity contribution is 1.05. The van der Waals surface area contributed by atoms with Crippen LogP contribution in [0.2, 0.25) is 0 Å². The van der Waals surface area contributed by atoms with Crippen molar-refractivity contribution < 1.29 is 0 Å². The molecule has 0 spiro atoms. The van der Waals surface area contributed by atoms with Crippen LogP contribution in [0.3, 0.4) is 0 Å². The Morgan fingerprint density at radius 1 is 0.611 bits per heavy atom. The molecule has 7 rings (SSSR count). The fourth-order valence-electron chi connectivity index (χ4n) is 5.86. The Bertz CT molecular complexity index is 2010. The molecule has 0 fully saturated rings. The topological polar surface area (TPSA) is 33.6 Å². The van der Waals surface area contributed by atoms with Crippen LogP contribution >= 0.6 is 0 Å². The summed E-state index contributed by atoms with van der Waals surface area (Å²) in [6, 6.07) is 38.5. The van der Waals surface area contributed by atoms with Crippen molar-refractivity contribution in [3.63, 3.8) is 0 Å². The van der Waals surface area contributed by atoms with Crippen molar-refractivity contribution >= 4 is 43.6 Å². The number of hydrogen-bond donors (Lipinski definition) is 0. The molecule has 0 amide bonds. The molecule has 0 atom stereocenters. The largest absolute Gasteiger partial charge is 0.294 e. The van der Waals surface area contributed by atoms with Crippen LogP contribution < -0.4 is 0 Å². The number of aryl methyl sites for hydroxylation is 2. The zero-order valence-corrected chi connectivity index (χ0v) is 20.2. The maximum absolute atomic E-state index is 9.47. The second-order valence-corrected chi connectivity index (χ2v) is 9.47. The Kier molecular flexibility index (Phi) is 4.34. The summed E-state index contributed by atoms with van der Waals surface area (Å²) in [5.41, 5.74) is 9.02. The number of hydrogen-bond acceptors (Lipinski definition) is 1. The lowest BCUT2D eigenvalue weighted by Crippen LogP contribution is -2.05. The van der Waals surface area contributed by atoms with Crippen LogP contribution in [0.5, 0.6) is 0 Å². The summed E-state index contributed by atoms with van der Waals surface area (Å²) in [6.07, 6.45) is 0. The second-order valence-electron chi connectivity index (χ2n) is 9.47. The monoisotopic (exact) mass is 461 g/mol. The molecule has 0 bridgehead atoms. The minimum atomic E-state index is 0.673. The van der Waals surface area contributed by atoms with Gasteiger partial charge in [0.25, 0.3) is 0 Å². The Hall–Kier alpha value is -4.81. The average molecular weight is 462 g/mol. The molecule has 170 valence electrons. The zero-order valence-electron chi connectivity index (χ0n) is 20.2. The van der Waals surface area contributed by atoms with Crippen molar-refractivity contribution in [1.29, 1.82) is 5.26 Å². The van der Waals surface area contributed by atoms with Crippen molar-refractivity contribution in [3.05, 3.63) is 120 Å². The van der Waals surface area contributed by atoms with E-state index in [1.54, 1.807) is 0 Å². The predicted octanol–water partition coefficient (Wildman–Crippen LogP) is 8.37. The highest BCUT2D eigenvalue weighted by Gasteiger charge is 2.23. The van der Waals surface area contributed by atoms with E-state index in [9.17, 15) is 5.26 Å². The molecule has 0 aliphatic heterocycles. The van der Waals surface area contributed by atoms with Crippen molar-refractivity contribution in [2.75, 3.05) is 0 Å². The van der Waals surface area contributed by atoms with Gasteiger partial charge in [-0.1, -0.05) is 72.8 Å². The van der Waals surface area contributed by atoms with E-state index >= 15 is 0 Å². The Labute approximate surface area is 209 Å². The van der Waals surface area contributed by atoms with Crippen molar-refractivity contribution in [2.24, 2.45) is 0 Å². The lowest BCUT2D eigenvalue weighted by Gasteiger charge is -2.17. The first-order chi connectivity index (χ1) is 17.7. The van der Waals surface area contributed by atoms with Crippen LogP contribution in [0.1, 0.15) is 16.7 Å². The third-order valence-electron chi connectivity index (χ3n) is 7.37. The number of nitriles is 1. The summed E-state index contributed by atoms with van der Waals surface area (Å²) >= 11 is 0. The molecule has 5 aromatic carbocycles. The first-order valence-corrected chi connectivity index (χ1v) is 12.2. The first-order valence-electron chi connectivity index (χ1n) is 12.2. The van der Waals surface area contributed by atoms with Gasteiger partial charge in [0.05, 0.1) is 34.0 Å². The van der Waals surface area contributed by atoms with Crippen LogP contribution in [0.4, 0.5) is 0 Å². The molecule has 0 radical (unpaired) electrons. The molecule has 0 aliphatic carbocycles. The maximum atomic E-state index is 9.47. The first kappa shape index (κ1) is 20.6. The number of aromatic nitrogens is 2. The highest BCUT2D eigenvalue weighted by Crippen LogP contribution is 2.42. The molecule has 2 heterocycles. The quantitative estimate of drug-likeness (QED) is 0.255. The van der Waals surface area contributed by atoms with Gasteiger partial charge in [-0.15, -0.1) is 0 Å². The van der Waals surface area contributed by atoms with Gasteiger partial charge in [0.2, 0.25) is 0 Å². The van der Waals surface area contributed by atoms with Crippen LogP contribution in [-0.2, 0) is 0 Å². The van der Waals surface area contributed by atoms with Crippen molar-refractivity contribution in [3.8, 4) is 17.4 Å². The van der Waals surface area contributed by atoms with E-state index in [-0.39, 0.29) is 0 Å². The molecule has 2 aromatic heterocycles. The second kappa shape index (κ2) is 7.60. The van der Waals surface area contributed by atoms with Crippen molar-refractivity contribution in [2.45, 2.75) is 13.8 Å². The number of nitrogens with zero attached hydrogens (tertiary/aromatic N) is 3. The van der Waals surface area contributed by atoms with Crippen molar-refractivity contribution in [1.82, 2.24) is 9.13 Å². The third kappa shape index (κ3) is 2.73. The van der Waals surface area contributed by atoms with E-state index in [0.717, 1.165) is 22.1 Å². The minimum absolute atomic E-state index is 0.673.